The highest BCUT2D eigenvalue weighted by Gasteiger charge is 2.34. The molecule has 24 heavy (non-hydrogen) atoms. The molecule has 5 nitrogen and oxygen atoms in total. The minimum Gasteiger partial charge on any atom is -0.337 e. The van der Waals surface area contributed by atoms with Gasteiger partial charge in [-0.3, -0.25) is 4.79 Å². The predicted octanol–water partition coefficient (Wildman–Crippen LogP) is 1.91. The number of amides is 1. The smallest absolute Gasteiger partial charge is 0.241 e. The van der Waals surface area contributed by atoms with Crippen molar-refractivity contribution < 1.29 is 17.6 Å². The summed E-state index contributed by atoms with van der Waals surface area (Å²) in [4.78, 5) is 13.8. The number of benzene rings is 2. The second-order valence-corrected chi connectivity index (χ2v) is 7.38. The minimum atomic E-state index is -3.93. The van der Waals surface area contributed by atoms with E-state index in [2.05, 4.69) is 4.72 Å². The van der Waals surface area contributed by atoms with E-state index in [0.717, 1.165) is 11.6 Å². The Kier molecular flexibility index (Phi) is 4.64. The lowest BCUT2D eigenvalue weighted by Crippen LogP contribution is -2.41. The molecule has 3 rings (SSSR count). The second-order valence-electron chi connectivity index (χ2n) is 5.67. The normalized spacial score (nSPS) is 18.1. The Hall–Kier alpha value is -2.25. The third-order valence-corrected chi connectivity index (χ3v) is 5.39. The summed E-state index contributed by atoms with van der Waals surface area (Å²) in [5.74, 6) is -0.903. The van der Waals surface area contributed by atoms with Gasteiger partial charge in [0.25, 0.3) is 0 Å². The van der Waals surface area contributed by atoms with Crippen molar-refractivity contribution in [2.45, 2.75) is 23.9 Å². The number of nitrogens with one attached hydrogen (secondary N) is 1. The molecule has 0 radical (unpaired) electrons. The molecule has 0 spiro atoms. The molecule has 1 heterocycles. The minimum absolute atomic E-state index is 0.184. The van der Waals surface area contributed by atoms with Gasteiger partial charge >= 0.3 is 0 Å². The largest absolute Gasteiger partial charge is 0.337 e. The molecule has 1 atom stereocenters. The Morgan fingerprint density at radius 2 is 1.88 bits per heavy atom. The summed E-state index contributed by atoms with van der Waals surface area (Å²) >= 11 is 0. The van der Waals surface area contributed by atoms with Gasteiger partial charge in [0.15, 0.2) is 0 Å². The van der Waals surface area contributed by atoms with Crippen LogP contribution in [0.5, 0.6) is 0 Å². The topological polar surface area (TPSA) is 66.5 Å². The van der Waals surface area contributed by atoms with Gasteiger partial charge in [-0.25, -0.2) is 12.8 Å². The van der Waals surface area contributed by atoms with E-state index >= 15 is 0 Å². The van der Waals surface area contributed by atoms with Gasteiger partial charge in [0.2, 0.25) is 15.9 Å². The van der Waals surface area contributed by atoms with Crippen LogP contribution in [0.15, 0.2) is 59.5 Å². The molecule has 1 amide bonds. The fourth-order valence-corrected chi connectivity index (χ4v) is 3.95. The predicted molar refractivity (Wildman–Crippen MR) is 87.0 cm³/mol. The summed E-state index contributed by atoms with van der Waals surface area (Å²) in [5.41, 5.74) is 0.986. The number of nitrogens with zero attached hydrogens (tertiary/aromatic N) is 1. The first-order chi connectivity index (χ1) is 11.5. The van der Waals surface area contributed by atoms with Crippen molar-refractivity contribution >= 4 is 15.9 Å². The van der Waals surface area contributed by atoms with Crippen molar-refractivity contribution in [1.82, 2.24) is 9.62 Å². The third-order valence-electron chi connectivity index (χ3n) is 3.92. The van der Waals surface area contributed by atoms with E-state index in [1.54, 1.807) is 4.90 Å². The van der Waals surface area contributed by atoms with Gasteiger partial charge in [-0.05, 0) is 30.2 Å². The fourth-order valence-electron chi connectivity index (χ4n) is 2.70. The average Bonchev–Trinajstić information content (AvgIpc) is 2.89. The Labute approximate surface area is 140 Å². The van der Waals surface area contributed by atoms with Crippen molar-refractivity contribution in [3.05, 3.63) is 66.0 Å². The van der Waals surface area contributed by atoms with Crippen molar-refractivity contribution in [1.29, 1.82) is 0 Å². The van der Waals surface area contributed by atoms with E-state index in [1.807, 2.05) is 30.3 Å². The van der Waals surface area contributed by atoms with E-state index in [9.17, 15) is 17.6 Å². The number of hydrogen-bond donors (Lipinski definition) is 1. The van der Waals surface area contributed by atoms with Gasteiger partial charge in [0, 0.05) is 13.1 Å². The molecule has 0 bridgehead atoms. The average molecular weight is 348 g/mol. The van der Waals surface area contributed by atoms with Crippen molar-refractivity contribution in [3.8, 4) is 0 Å². The van der Waals surface area contributed by atoms with Crippen LogP contribution in [0.25, 0.3) is 0 Å². The van der Waals surface area contributed by atoms with Crippen molar-refractivity contribution in [3.63, 3.8) is 0 Å². The maximum Gasteiger partial charge on any atom is 0.241 e. The molecule has 1 saturated heterocycles. The highest BCUT2D eigenvalue weighted by molar-refractivity contribution is 7.89. The molecule has 1 N–H and O–H groups in total. The number of carbonyl (C=O) groups excluding carboxylic acids is 1. The lowest BCUT2D eigenvalue weighted by atomic mass is 10.2. The Balaban J connectivity index is 1.69. The summed E-state index contributed by atoms with van der Waals surface area (Å²) in [6.07, 6.45) is 0.389. The van der Waals surface area contributed by atoms with Gasteiger partial charge in [-0.1, -0.05) is 36.4 Å². The summed E-state index contributed by atoms with van der Waals surface area (Å²) in [6, 6.07) is 13.4. The Morgan fingerprint density at radius 1 is 1.12 bits per heavy atom. The van der Waals surface area contributed by atoms with Crippen molar-refractivity contribution in [2.24, 2.45) is 0 Å². The first-order valence-electron chi connectivity index (χ1n) is 7.56. The van der Waals surface area contributed by atoms with Crippen LogP contribution in [-0.2, 0) is 21.4 Å². The first kappa shape index (κ1) is 16.6. The molecule has 7 heteroatoms. The fraction of sp³-hybridized carbons (Fsp3) is 0.235. The number of rotatable bonds is 5. The molecule has 1 fully saturated rings. The summed E-state index contributed by atoms with van der Waals surface area (Å²) in [5, 5.41) is 0. The van der Waals surface area contributed by atoms with Gasteiger partial charge < -0.3 is 4.90 Å². The van der Waals surface area contributed by atoms with Gasteiger partial charge in [-0.15, -0.1) is 0 Å². The lowest BCUT2D eigenvalue weighted by molar-refractivity contribution is -0.129. The zero-order valence-corrected chi connectivity index (χ0v) is 13.7. The van der Waals surface area contributed by atoms with E-state index in [-0.39, 0.29) is 10.8 Å². The summed E-state index contributed by atoms with van der Waals surface area (Å²) < 4.78 is 40.2. The molecule has 1 aliphatic rings. The molecule has 126 valence electrons. The zero-order valence-electron chi connectivity index (χ0n) is 12.9. The lowest BCUT2D eigenvalue weighted by Gasteiger charge is -2.17. The third kappa shape index (κ3) is 3.63. The number of likely N-dealkylation sites (tertiary alicyclic amines) is 1. The van der Waals surface area contributed by atoms with E-state index in [1.165, 1.54) is 18.2 Å². The summed E-state index contributed by atoms with van der Waals surface area (Å²) in [6.45, 7) is 0.919. The molecule has 0 unspecified atom stereocenters. The van der Waals surface area contributed by atoms with Crippen LogP contribution in [0, 0.1) is 5.82 Å². The standard InChI is InChI=1S/C17H17FN2O3S/c18-14-7-4-8-15(11-14)24(22,23)19-16-9-10-20(17(16)21)12-13-5-2-1-3-6-13/h1-8,11,16,19H,9-10,12H2/t16-/m0/s1. The van der Waals surface area contributed by atoms with Gasteiger partial charge in [0.1, 0.15) is 11.9 Å². The molecule has 0 aromatic heterocycles. The van der Waals surface area contributed by atoms with E-state index < -0.39 is 21.9 Å². The molecule has 2 aromatic carbocycles. The van der Waals surface area contributed by atoms with Gasteiger partial charge in [-0.2, -0.15) is 4.72 Å². The van der Waals surface area contributed by atoms with Crippen molar-refractivity contribution in [2.75, 3.05) is 6.54 Å². The zero-order chi connectivity index (χ0) is 17.2. The highest BCUT2D eigenvalue weighted by atomic mass is 32.2. The molecule has 0 aliphatic carbocycles. The van der Waals surface area contributed by atoms with Crippen LogP contribution >= 0.6 is 0 Å². The van der Waals surface area contributed by atoms with Gasteiger partial charge in [0.05, 0.1) is 4.90 Å². The molecule has 2 aromatic rings. The SMILES string of the molecule is O=C1[C@@H](NS(=O)(=O)c2cccc(F)c2)CCN1Cc1ccccc1. The number of halogens is 1. The molecule has 0 saturated carbocycles. The van der Waals surface area contributed by atoms with Crippen LogP contribution in [-0.4, -0.2) is 31.8 Å². The highest BCUT2D eigenvalue weighted by Crippen LogP contribution is 2.18. The first-order valence-corrected chi connectivity index (χ1v) is 9.05. The van der Waals surface area contributed by atoms with Crippen LogP contribution in [0.1, 0.15) is 12.0 Å². The molecular weight excluding hydrogens is 331 g/mol. The number of carbonyl (C=O) groups is 1. The monoisotopic (exact) mass is 348 g/mol. The van der Waals surface area contributed by atoms with Crippen LogP contribution in [0.3, 0.4) is 0 Å². The quantitative estimate of drug-likeness (QED) is 0.897. The maximum atomic E-state index is 13.2. The Morgan fingerprint density at radius 3 is 2.58 bits per heavy atom. The number of sulfonamides is 1. The van der Waals surface area contributed by atoms with E-state index in [4.69, 9.17) is 0 Å². The molecular formula is C17H17FN2O3S. The number of hydrogen-bond acceptors (Lipinski definition) is 3. The Bertz CT molecular complexity index is 840. The molecule has 1 aliphatic heterocycles. The second kappa shape index (κ2) is 6.70. The van der Waals surface area contributed by atoms with Crippen LogP contribution in [0.2, 0.25) is 0 Å². The maximum absolute atomic E-state index is 13.2. The van der Waals surface area contributed by atoms with Crippen LogP contribution in [0.4, 0.5) is 4.39 Å². The van der Waals surface area contributed by atoms with E-state index in [0.29, 0.717) is 19.5 Å². The van der Waals surface area contributed by atoms with Crippen LogP contribution < -0.4 is 4.72 Å². The summed E-state index contributed by atoms with van der Waals surface area (Å²) in [7, 11) is -3.93.